The number of imide groups is 1. The lowest BCUT2D eigenvalue weighted by atomic mass is 9.55. The zero-order valence-electron chi connectivity index (χ0n) is 20.9. The molecule has 1 fully saturated rings. The third-order valence-electron chi connectivity index (χ3n) is 8.25. The minimum absolute atomic E-state index is 0.0442. The highest BCUT2D eigenvalue weighted by molar-refractivity contribution is 9.09. The fraction of sp³-hybridized carbons (Fsp3) is 0.125. The number of amides is 3. The second kappa shape index (κ2) is 8.72. The highest BCUT2D eigenvalue weighted by atomic mass is 79.9. The summed E-state index contributed by atoms with van der Waals surface area (Å²) >= 11 is 3.99. The molecule has 196 valence electrons. The fourth-order valence-electron chi connectivity index (χ4n) is 6.65. The van der Waals surface area contributed by atoms with E-state index >= 15 is 0 Å². The van der Waals surface area contributed by atoms with E-state index in [0.717, 1.165) is 22.3 Å². The summed E-state index contributed by atoms with van der Waals surface area (Å²) in [4.78, 5) is 53.9. The van der Waals surface area contributed by atoms with Crippen molar-refractivity contribution in [1.29, 1.82) is 0 Å². The van der Waals surface area contributed by atoms with Gasteiger partial charge in [-0.05, 0) is 58.7 Å². The summed E-state index contributed by atoms with van der Waals surface area (Å²) in [5.74, 6) is -3.69. The summed E-state index contributed by atoms with van der Waals surface area (Å²) in [6.45, 7) is 0. The Balaban J connectivity index is 1.26. The number of benzene rings is 4. The van der Waals surface area contributed by atoms with E-state index in [1.54, 1.807) is 30.3 Å². The van der Waals surface area contributed by atoms with Crippen molar-refractivity contribution in [2.75, 3.05) is 10.2 Å². The van der Waals surface area contributed by atoms with Crippen molar-refractivity contribution in [3.8, 4) is 0 Å². The van der Waals surface area contributed by atoms with E-state index < -0.39 is 28.0 Å². The molecule has 4 aliphatic rings. The van der Waals surface area contributed by atoms with Crippen LogP contribution in [0.4, 0.5) is 11.4 Å². The molecule has 8 heteroatoms. The van der Waals surface area contributed by atoms with Gasteiger partial charge in [-0.2, -0.15) is 0 Å². The van der Waals surface area contributed by atoms with Crippen LogP contribution in [0.25, 0.3) is 0 Å². The van der Waals surface area contributed by atoms with Crippen molar-refractivity contribution in [3.63, 3.8) is 0 Å². The molecule has 2 bridgehead atoms. The monoisotopic (exact) mass is 592 g/mol. The number of nitrogens with one attached hydrogen (secondary N) is 1. The molecule has 7 nitrogen and oxygen atoms in total. The van der Waals surface area contributed by atoms with Crippen LogP contribution in [0.1, 0.15) is 48.9 Å². The molecule has 2 N–H and O–H groups in total. The number of carbonyl (C=O) groups excluding carboxylic acids is 3. The lowest BCUT2D eigenvalue weighted by Crippen LogP contribution is -2.50. The first-order valence-electron chi connectivity index (χ1n) is 12.8. The fourth-order valence-corrected chi connectivity index (χ4v) is 7.86. The summed E-state index contributed by atoms with van der Waals surface area (Å²) in [7, 11) is 0. The molecule has 1 aliphatic heterocycles. The average Bonchev–Trinajstić information content (AvgIpc) is 3.24. The number of hydrogen-bond acceptors (Lipinski definition) is 4. The summed E-state index contributed by atoms with van der Waals surface area (Å²) in [6, 6.07) is 28.2. The molecule has 0 aromatic heterocycles. The van der Waals surface area contributed by atoms with Gasteiger partial charge in [0.15, 0.2) is 0 Å². The van der Waals surface area contributed by atoms with E-state index in [-0.39, 0.29) is 28.9 Å². The first-order valence-corrected chi connectivity index (χ1v) is 13.6. The van der Waals surface area contributed by atoms with Crippen LogP contribution in [0.3, 0.4) is 0 Å². The van der Waals surface area contributed by atoms with Gasteiger partial charge in [0.2, 0.25) is 11.8 Å². The number of rotatable bonds is 4. The Bertz CT molecular complexity index is 1740. The van der Waals surface area contributed by atoms with Crippen molar-refractivity contribution in [2.24, 2.45) is 11.8 Å². The quantitative estimate of drug-likeness (QED) is 0.239. The molecule has 1 heterocycles. The van der Waals surface area contributed by atoms with Crippen molar-refractivity contribution < 1.29 is 24.3 Å². The molecule has 4 aromatic rings. The number of halogens is 1. The Morgan fingerprint density at radius 1 is 0.775 bits per heavy atom. The smallest absolute Gasteiger partial charge is 0.335 e. The van der Waals surface area contributed by atoms with Gasteiger partial charge in [0.25, 0.3) is 5.91 Å². The second-order valence-electron chi connectivity index (χ2n) is 10.3. The molecule has 8 rings (SSSR count). The third kappa shape index (κ3) is 3.29. The number of carboxylic acid groups (broad SMARTS) is 1. The van der Waals surface area contributed by atoms with Crippen LogP contribution < -0.4 is 10.2 Å². The molecule has 1 saturated heterocycles. The molecule has 40 heavy (non-hydrogen) atoms. The van der Waals surface area contributed by atoms with Crippen molar-refractivity contribution in [2.45, 2.75) is 10.2 Å². The predicted molar refractivity (Wildman–Crippen MR) is 152 cm³/mol. The zero-order chi connectivity index (χ0) is 27.8. The van der Waals surface area contributed by atoms with Gasteiger partial charge in [0, 0.05) is 17.2 Å². The lowest BCUT2D eigenvalue weighted by molar-refractivity contribution is -0.122. The topological polar surface area (TPSA) is 104 Å². The third-order valence-corrected chi connectivity index (χ3v) is 9.60. The highest BCUT2D eigenvalue weighted by Crippen LogP contribution is 2.66. The van der Waals surface area contributed by atoms with Gasteiger partial charge in [-0.25, -0.2) is 9.69 Å². The molecular weight excluding hydrogens is 572 g/mol. The molecule has 0 radical (unpaired) electrons. The van der Waals surface area contributed by atoms with Crippen LogP contribution in [0.2, 0.25) is 0 Å². The Morgan fingerprint density at radius 2 is 1.40 bits per heavy atom. The highest BCUT2D eigenvalue weighted by Gasteiger charge is 2.67. The largest absolute Gasteiger partial charge is 0.478 e. The van der Waals surface area contributed by atoms with Crippen LogP contribution in [-0.2, 0) is 13.9 Å². The molecule has 2 atom stereocenters. The number of hydrogen-bond donors (Lipinski definition) is 2. The maximum atomic E-state index is 14.2. The van der Waals surface area contributed by atoms with Crippen molar-refractivity contribution >= 4 is 51.0 Å². The van der Waals surface area contributed by atoms with Crippen LogP contribution >= 0.6 is 15.9 Å². The second-order valence-corrected chi connectivity index (χ2v) is 11.5. The van der Waals surface area contributed by atoms with Gasteiger partial charge < -0.3 is 10.4 Å². The molecule has 0 unspecified atom stereocenters. The van der Waals surface area contributed by atoms with Gasteiger partial charge in [-0.3, -0.25) is 14.4 Å². The normalized spacial score (nSPS) is 23.8. The Labute approximate surface area is 237 Å². The number of carboxylic acids is 1. The first-order chi connectivity index (χ1) is 19.3. The van der Waals surface area contributed by atoms with E-state index in [1.807, 2.05) is 48.5 Å². The molecule has 0 spiro atoms. The van der Waals surface area contributed by atoms with Crippen LogP contribution in [0.5, 0.6) is 0 Å². The summed E-state index contributed by atoms with van der Waals surface area (Å²) in [6.07, 6.45) is 0. The minimum Gasteiger partial charge on any atom is -0.478 e. The molecule has 3 aliphatic carbocycles. The zero-order valence-corrected chi connectivity index (χ0v) is 22.5. The first kappa shape index (κ1) is 24.5. The number of anilines is 2. The van der Waals surface area contributed by atoms with Gasteiger partial charge in [0.1, 0.15) is 0 Å². The lowest BCUT2D eigenvalue weighted by Gasteiger charge is -2.51. The molecule has 4 aromatic carbocycles. The average molecular weight is 593 g/mol. The predicted octanol–water partition coefficient (Wildman–Crippen LogP) is 5.54. The Hall–Kier alpha value is -4.56. The van der Waals surface area contributed by atoms with Crippen LogP contribution in [0.15, 0.2) is 97.1 Å². The maximum Gasteiger partial charge on any atom is 0.335 e. The molecular formula is C32H21BrN2O5. The van der Waals surface area contributed by atoms with E-state index in [0.29, 0.717) is 11.4 Å². The van der Waals surface area contributed by atoms with Gasteiger partial charge in [0.05, 0.1) is 27.4 Å². The van der Waals surface area contributed by atoms with Crippen molar-refractivity contribution in [3.05, 3.63) is 130 Å². The van der Waals surface area contributed by atoms with E-state index in [2.05, 4.69) is 21.2 Å². The van der Waals surface area contributed by atoms with Crippen LogP contribution in [-0.4, -0.2) is 28.8 Å². The number of nitrogens with zero attached hydrogens (tertiary/aromatic N) is 1. The molecule has 3 amide bonds. The summed E-state index contributed by atoms with van der Waals surface area (Å²) in [5, 5.41) is 11.9. The standard InChI is InChI=1S/C32H21BrN2O5/c33-32-23-13-3-1-11-21(23)25(22-12-2-4-14-24(22)32)26-27(32)30(38)35(29(26)37)20-10-6-7-17(16-20)28(36)34-19-9-5-8-18(15-19)31(39)40/h1-16,25-27H,(H,34,36)(H,39,40)/t25?,26-,27+,32?/m0/s1. The van der Waals surface area contributed by atoms with Gasteiger partial charge in [-0.15, -0.1) is 0 Å². The summed E-state index contributed by atoms with van der Waals surface area (Å²) < 4.78 is -0.856. The Kier molecular flexibility index (Phi) is 5.34. The van der Waals surface area contributed by atoms with Gasteiger partial charge >= 0.3 is 5.97 Å². The number of carbonyl (C=O) groups is 4. The SMILES string of the molecule is O=C(O)c1cccc(NC(=O)c2cccc(N3C(=O)[C@H]4C5c6ccccc6C(Br)(c6ccccc65)[C@H]4C3=O)c2)c1. The van der Waals surface area contributed by atoms with Gasteiger partial charge in [-0.1, -0.05) is 76.6 Å². The van der Waals surface area contributed by atoms with E-state index in [1.165, 1.54) is 23.1 Å². The molecule has 0 saturated carbocycles. The van der Waals surface area contributed by atoms with E-state index in [9.17, 15) is 24.3 Å². The van der Waals surface area contributed by atoms with E-state index in [4.69, 9.17) is 0 Å². The van der Waals surface area contributed by atoms with Crippen molar-refractivity contribution in [1.82, 2.24) is 0 Å². The van der Waals surface area contributed by atoms with Crippen LogP contribution in [0, 0.1) is 11.8 Å². The maximum absolute atomic E-state index is 14.2. The number of alkyl halides is 1. The Morgan fingerprint density at radius 3 is 2.08 bits per heavy atom. The number of aromatic carboxylic acids is 1. The summed E-state index contributed by atoms with van der Waals surface area (Å²) in [5.41, 5.74) is 5.00. The minimum atomic E-state index is -1.10.